The molecule has 35 heavy (non-hydrogen) atoms. The number of hydrogen-bond acceptors (Lipinski definition) is 5. The van der Waals surface area contributed by atoms with Crippen molar-refractivity contribution in [2.45, 2.75) is 13.0 Å². The second kappa shape index (κ2) is 11.5. The van der Waals surface area contributed by atoms with Crippen LogP contribution in [0.15, 0.2) is 72.8 Å². The Morgan fingerprint density at radius 2 is 1.63 bits per heavy atom. The van der Waals surface area contributed by atoms with Gasteiger partial charge in [0.1, 0.15) is 18.1 Å². The molecule has 1 aliphatic heterocycles. The molecule has 1 aliphatic rings. The van der Waals surface area contributed by atoms with E-state index < -0.39 is 5.91 Å². The molecule has 7 nitrogen and oxygen atoms in total. The molecule has 1 fully saturated rings. The first-order valence-corrected chi connectivity index (χ1v) is 11.8. The van der Waals surface area contributed by atoms with Gasteiger partial charge in [0.25, 0.3) is 11.8 Å². The van der Waals surface area contributed by atoms with Gasteiger partial charge in [-0.05, 0) is 53.9 Å². The highest BCUT2D eigenvalue weighted by Gasteiger charge is 2.22. The smallest absolute Gasteiger partial charge is 0.253 e. The molecule has 1 heterocycles. The molecule has 7 heteroatoms. The van der Waals surface area contributed by atoms with Gasteiger partial charge in [-0.25, -0.2) is 0 Å². The molecule has 3 aromatic rings. The maximum Gasteiger partial charge on any atom is 0.253 e. The van der Waals surface area contributed by atoms with Gasteiger partial charge in [-0.15, -0.1) is 0 Å². The van der Waals surface area contributed by atoms with Gasteiger partial charge in [0.05, 0.1) is 12.7 Å². The number of carbonyl (C=O) groups is 2. The molecule has 0 aliphatic carbocycles. The van der Waals surface area contributed by atoms with Crippen LogP contribution >= 0.6 is 0 Å². The van der Waals surface area contributed by atoms with Crippen molar-refractivity contribution in [2.75, 3.05) is 39.8 Å². The summed E-state index contributed by atoms with van der Waals surface area (Å²) in [5.41, 5.74) is 8.53. The highest BCUT2D eigenvalue weighted by molar-refractivity contribution is 5.95. The number of nitrogens with zero attached hydrogens (tertiary/aromatic N) is 2. The third-order valence-electron chi connectivity index (χ3n) is 6.26. The zero-order valence-corrected chi connectivity index (χ0v) is 20.0. The van der Waals surface area contributed by atoms with Crippen LogP contribution in [-0.2, 0) is 13.0 Å². The van der Waals surface area contributed by atoms with E-state index in [1.165, 1.54) is 5.56 Å². The zero-order chi connectivity index (χ0) is 24.6. The summed E-state index contributed by atoms with van der Waals surface area (Å²) in [5, 5.41) is 0. The van der Waals surface area contributed by atoms with Crippen molar-refractivity contribution in [3.8, 4) is 11.5 Å². The Labute approximate surface area is 206 Å². The molecular formula is C28H31N3O4. The van der Waals surface area contributed by atoms with Crippen molar-refractivity contribution < 1.29 is 19.1 Å². The number of hydrogen-bond donors (Lipinski definition) is 1. The second-order valence-corrected chi connectivity index (χ2v) is 8.58. The molecule has 0 unspecified atom stereocenters. The van der Waals surface area contributed by atoms with Gasteiger partial charge in [-0.3, -0.25) is 14.5 Å². The number of rotatable bonds is 9. The van der Waals surface area contributed by atoms with Crippen LogP contribution in [0.25, 0.3) is 0 Å². The van der Waals surface area contributed by atoms with Crippen LogP contribution in [0, 0.1) is 0 Å². The Hall–Kier alpha value is -3.84. The highest BCUT2D eigenvalue weighted by atomic mass is 16.5. The van der Waals surface area contributed by atoms with Crippen molar-refractivity contribution in [2.24, 2.45) is 5.73 Å². The number of amides is 2. The zero-order valence-electron chi connectivity index (χ0n) is 20.0. The molecule has 4 rings (SSSR count). The van der Waals surface area contributed by atoms with E-state index in [9.17, 15) is 9.59 Å². The number of piperazine rings is 1. The Morgan fingerprint density at radius 3 is 2.34 bits per heavy atom. The number of carbonyl (C=O) groups excluding carboxylic acids is 2. The molecule has 2 amide bonds. The largest absolute Gasteiger partial charge is 0.497 e. The Balaban J connectivity index is 1.28. The van der Waals surface area contributed by atoms with E-state index in [1.54, 1.807) is 31.4 Å². The van der Waals surface area contributed by atoms with Crippen LogP contribution in [-0.4, -0.2) is 61.4 Å². The number of primary amides is 1. The number of nitrogens with two attached hydrogens (primary N) is 1. The molecule has 0 spiro atoms. The maximum atomic E-state index is 13.1. The molecule has 0 saturated carbocycles. The summed E-state index contributed by atoms with van der Waals surface area (Å²) in [4.78, 5) is 29.0. The lowest BCUT2D eigenvalue weighted by molar-refractivity contribution is 0.0638. The Kier molecular flexibility index (Phi) is 8.00. The van der Waals surface area contributed by atoms with Crippen molar-refractivity contribution in [3.63, 3.8) is 0 Å². The third kappa shape index (κ3) is 6.39. The first-order chi connectivity index (χ1) is 17.0. The van der Waals surface area contributed by atoms with E-state index >= 15 is 0 Å². The predicted molar refractivity (Wildman–Crippen MR) is 135 cm³/mol. The van der Waals surface area contributed by atoms with Gasteiger partial charge >= 0.3 is 0 Å². The number of ether oxygens (including phenoxy) is 2. The topological polar surface area (TPSA) is 85.1 Å². The van der Waals surface area contributed by atoms with Gasteiger partial charge in [-0.2, -0.15) is 0 Å². The fraction of sp³-hybridized carbons (Fsp3) is 0.286. The quantitative estimate of drug-likeness (QED) is 0.515. The summed E-state index contributed by atoms with van der Waals surface area (Å²) in [6.07, 6.45) is 0.971. The van der Waals surface area contributed by atoms with Crippen molar-refractivity contribution in [3.05, 3.63) is 95.1 Å². The Bertz CT molecular complexity index is 1150. The minimum Gasteiger partial charge on any atom is -0.497 e. The lowest BCUT2D eigenvalue weighted by Crippen LogP contribution is -2.49. The van der Waals surface area contributed by atoms with Crippen LogP contribution in [0.1, 0.15) is 31.8 Å². The standard InChI is InChI=1S/C28H31N3O4/c1-34-24-11-9-21(10-12-24)13-14-30-15-17-31(18-16-30)28(33)23-6-4-5-22(19-23)20-35-26-8-3-2-7-25(26)27(29)32/h2-12,19H,13-18,20H2,1H3,(H2,29,32). The molecule has 3 aromatic carbocycles. The summed E-state index contributed by atoms with van der Waals surface area (Å²) >= 11 is 0. The maximum absolute atomic E-state index is 13.1. The van der Waals surface area contributed by atoms with Crippen LogP contribution in [0.2, 0.25) is 0 Å². The number of benzene rings is 3. The Morgan fingerprint density at radius 1 is 0.886 bits per heavy atom. The van der Waals surface area contributed by atoms with Crippen LogP contribution in [0.4, 0.5) is 0 Å². The van der Waals surface area contributed by atoms with Gasteiger partial charge < -0.3 is 20.1 Å². The number of methoxy groups -OCH3 is 1. The van der Waals surface area contributed by atoms with Gasteiger partial charge in [0.15, 0.2) is 0 Å². The average molecular weight is 474 g/mol. The average Bonchev–Trinajstić information content (AvgIpc) is 2.91. The highest BCUT2D eigenvalue weighted by Crippen LogP contribution is 2.20. The van der Waals surface area contributed by atoms with Gasteiger partial charge in [0.2, 0.25) is 0 Å². The van der Waals surface area contributed by atoms with E-state index in [0.29, 0.717) is 30.0 Å². The minimum atomic E-state index is -0.535. The fourth-order valence-electron chi connectivity index (χ4n) is 4.19. The molecule has 2 N–H and O–H groups in total. The summed E-state index contributed by atoms with van der Waals surface area (Å²) in [7, 11) is 1.67. The van der Waals surface area contributed by atoms with Crippen molar-refractivity contribution in [1.82, 2.24) is 9.80 Å². The first-order valence-electron chi connectivity index (χ1n) is 11.8. The minimum absolute atomic E-state index is 0.0270. The van der Waals surface area contributed by atoms with Crippen molar-refractivity contribution >= 4 is 11.8 Å². The van der Waals surface area contributed by atoms with Crippen LogP contribution < -0.4 is 15.2 Å². The van der Waals surface area contributed by atoms with Crippen molar-refractivity contribution in [1.29, 1.82) is 0 Å². The molecule has 182 valence electrons. The summed E-state index contributed by atoms with van der Waals surface area (Å²) in [6, 6.07) is 22.5. The first kappa shape index (κ1) is 24.3. The summed E-state index contributed by atoms with van der Waals surface area (Å²) in [6.45, 7) is 4.32. The normalized spacial score (nSPS) is 13.9. The molecule has 0 radical (unpaired) electrons. The predicted octanol–water partition coefficient (Wildman–Crippen LogP) is 3.37. The molecule has 0 aromatic heterocycles. The fourth-order valence-corrected chi connectivity index (χ4v) is 4.19. The van der Waals surface area contributed by atoms with E-state index in [0.717, 1.165) is 37.4 Å². The second-order valence-electron chi connectivity index (χ2n) is 8.58. The lowest BCUT2D eigenvalue weighted by Gasteiger charge is -2.34. The SMILES string of the molecule is COc1ccc(CCN2CCN(C(=O)c3cccc(COc4ccccc4C(N)=O)c3)CC2)cc1. The van der Waals surface area contributed by atoms with Crippen LogP contribution in [0.5, 0.6) is 11.5 Å². The van der Waals surface area contributed by atoms with Gasteiger partial charge in [-0.1, -0.05) is 36.4 Å². The van der Waals surface area contributed by atoms with E-state index in [1.807, 2.05) is 41.3 Å². The third-order valence-corrected chi connectivity index (χ3v) is 6.26. The number of para-hydroxylation sites is 1. The van der Waals surface area contributed by atoms with E-state index in [2.05, 4.69) is 17.0 Å². The monoisotopic (exact) mass is 473 g/mol. The molecule has 1 saturated heterocycles. The van der Waals surface area contributed by atoms with Crippen LogP contribution in [0.3, 0.4) is 0 Å². The van der Waals surface area contributed by atoms with E-state index in [4.69, 9.17) is 15.2 Å². The summed E-state index contributed by atoms with van der Waals surface area (Å²) in [5.74, 6) is 0.793. The molecule has 0 bridgehead atoms. The molecule has 0 atom stereocenters. The van der Waals surface area contributed by atoms with E-state index in [-0.39, 0.29) is 12.5 Å². The van der Waals surface area contributed by atoms with Gasteiger partial charge in [0, 0.05) is 38.3 Å². The molecular weight excluding hydrogens is 442 g/mol. The summed E-state index contributed by atoms with van der Waals surface area (Å²) < 4.78 is 11.0. The lowest BCUT2D eigenvalue weighted by atomic mass is 10.1.